The number of halogens is 1. The van der Waals surface area contributed by atoms with Gasteiger partial charge in [-0.25, -0.2) is 4.39 Å². The summed E-state index contributed by atoms with van der Waals surface area (Å²) in [4.78, 5) is 0. The van der Waals surface area contributed by atoms with Crippen LogP contribution in [-0.4, -0.2) is 0 Å². The maximum atomic E-state index is 13.4. The van der Waals surface area contributed by atoms with E-state index < -0.39 is 0 Å². The number of nitrogens with two attached hydrogens (primary N) is 1. The van der Waals surface area contributed by atoms with Gasteiger partial charge in [-0.05, 0) is 59.2 Å². The highest BCUT2D eigenvalue weighted by molar-refractivity contribution is 5.42. The van der Waals surface area contributed by atoms with Crippen LogP contribution in [0.2, 0.25) is 0 Å². The Bertz CT molecular complexity index is 613. The molecule has 2 N–H and O–H groups in total. The van der Waals surface area contributed by atoms with Crippen molar-refractivity contribution in [3.63, 3.8) is 0 Å². The monoisotopic (exact) mass is 285 g/mol. The average molecular weight is 285 g/mol. The van der Waals surface area contributed by atoms with Gasteiger partial charge in [-0.1, -0.05) is 45.0 Å². The Balaban J connectivity index is 2.39. The molecule has 0 heterocycles. The van der Waals surface area contributed by atoms with Crippen molar-refractivity contribution in [3.8, 4) is 0 Å². The first kappa shape index (κ1) is 15.7. The molecule has 112 valence electrons. The third-order valence-corrected chi connectivity index (χ3v) is 4.01. The van der Waals surface area contributed by atoms with Crippen molar-refractivity contribution < 1.29 is 4.39 Å². The van der Waals surface area contributed by atoms with Gasteiger partial charge < -0.3 is 5.73 Å². The van der Waals surface area contributed by atoms with Gasteiger partial charge in [0.05, 0.1) is 6.04 Å². The number of aryl methyl sites for hydroxylation is 2. The van der Waals surface area contributed by atoms with E-state index in [0.717, 1.165) is 22.3 Å². The minimum atomic E-state index is -0.223. The van der Waals surface area contributed by atoms with Crippen molar-refractivity contribution >= 4 is 0 Å². The van der Waals surface area contributed by atoms with Gasteiger partial charge in [0.25, 0.3) is 0 Å². The fourth-order valence-corrected chi connectivity index (χ4v) is 2.77. The molecule has 2 rings (SSSR count). The van der Waals surface area contributed by atoms with Crippen molar-refractivity contribution in [2.45, 2.75) is 46.1 Å². The summed E-state index contributed by atoms with van der Waals surface area (Å²) in [5, 5.41) is 0. The quantitative estimate of drug-likeness (QED) is 0.843. The first-order chi connectivity index (χ1) is 9.70. The zero-order valence-corrected chi connectivity index (χ0v) is 13.5. The van der Waals surface area contributed by atoms with Crippen LogP contribution in [0.5, 0.6) is 0 Å². The molecule has 0 bridgehead atoms. The highest BCUT2D eigenvalue weighted by Gasteiger charge is 2.17. The molecule has 2 aromatic rings. The van der Waals surface area contributed by atoms with Crippen LogP contribution >= 0.6 is 0 Å². The van der Waals surface area contributed by atoms with Crippen LogP contribution in [0.4, 0.5) is 4.39 Å². The van der Waals surface area contributed by atoms with E-state index in [1.807, 2.05) is 13.8 Å². The topological polar surface area (TPSA) is 26.0 Å². The molecule has 0 aliphatic rings. The molecular weight excluding hydrogens is 261 g/mol. The SMILES string of the molecule is Cc1cc(F)cc(C)c1C(N)c1ccc(C(C)(C)C)cc1. The zero-order chi connectivity index (χ0) is 15.8. The van der Waals surface area contributed by atoms with Crippen LogP contribution in [0, 0.1) is 19.7 Å². The molecule has 0 aliphatic heterocycles. The Kier molecular flexibility index (Phi) is 4.20. The molecule has 0 saturated carbocycles. The molecule has 0 fully saturated rings. The minimum Gasteiger partial charge on any atom is -0.320 e. The molecule has 0 aromatic heterocycles. The van der Waals surface area contributed by atoms with Crippen molar-refractivity contribution in [3.05, 3.63) is 70.0 Å². The molecule has 0 saturated heterocycles. The third-order valence-electron chi connectivity index (χ3n) is 4.01. The second kappa shape index (κ2) is 5.61. The van der Waals surface area contributed by atoms with Gasteiger partial charge in [-0.15, -0.1) is 0 Å². The van der Waals surface area contributed by atoms with Gasteiger partial charge in [0.15, 0.2) is 0 Å². The zero-order valence-electron chi connectivity index (χ0n) is 13.5. The van der Waals surface area contributed by atoms with E-state index in [4.69, 9.17) is 5.73 Å². The molecule has 1 atom stereocenters. The van der Waals surface area contributed by atoms with Crippen LogP contribution in [0.15, 0.2) is 36.4 Å². The van der Waals surface area contributed by atoms with Crippen LogP contribution in [0.1, 0.15) is 54.6 Å². The van der Waals surface area contributed by atoms with Crippen LogP contribution in [0.25, 0.3) is 0 Å². The molecule has 0 aliphatic carbocycles. The van der Waals surface area contributed by atoms with Crippen molar-refractivity contribution in [1.82, 2.24) is 0 Å². The van der Waals surface area contributed by atoms with Gasteiger partial charge >= 0.3 is 0 Å². The highest BCUT2D eigenvalue weighted by Crippen LogP contribution is 2.29. The first-order valence-electron chi connectivity index (χ1n) is 7.33. The van der Waals surface area contributed by atoms with Crippen LogP contribution < -0.4 is 5.73 Å². The fourth-order valence-electron chi connectivity index (χ4n) is 2.77. The number of hydrogen-bond donors (Lipinski definition) is 1. The van der Waals surface area contributed by atoms with Crippen LogP contribution in [-0.2, 0) is 5.41 Å². The predicted octanol–water partition coefficient (Wildman–Crippen LogP) is 4.79. The minimum absolute atomic E-state index is 0.129. The number of benzene rings is 2. The molecule has 1 nitrogen and oxygen atoms in total. The number of rotatable bonds is 2. The summed E-state index contributed by atoms with van der Waals surface area (Å²) in [6.07, 6.45) is 0. The summed E-state index contributed by atoms with van der Waals surface area (Å²) in [5.74, 6) is -0.205. The molecule has 0 amide bonds. The van der Waals surface area contributed by atoms with E-state index in [-0.39, 0.29) is 17.3 Å². The summed E-state index contributed by atoms with van der Waals surface area (Å²) in [6, 6.07) is 11.3. The Morgan fingerprint density at radius 1 is 0.952 bits per heavy atom. The smallest absolute Gasteiger partial charge is 0.123 e. The van der Waals surface area contributed by atoms with Gasteiger partial charge in [0, 0.05) is 0 Å². The summed E-state index contributed by atoms with van der Waals surface area (Å²) in [5.41, 5.74) is 11.7. The van der Waals surface area contributed by atoms with E-state index in [2.05, 4.69) is 45.0 Å². The van der Waals surface area contributed by atoms with Gasteiger partial charge in [-0.2, -0.15) is 0 Å². The van der Waals surface area contributed by atoms with Crippen molar-refractivity contribution in [2.24, 2.45) is 5.73 Å². The Morgan fingerprint density at radius 2 is 1.43 bits per heavy atom. The van der Waals surface area contributed by atoms with E-state index in [1.54, 1.807) is 12.1 Å². The Labute approximate surface area is 127 Å². The Hall–Kier alpha value is -1.67. The second-order valence-corrected chi connectivity index (χ2v) is 6.80. The summed E-state index contributed by atoms with van der Waals surface area (Å²) in [7, 11) is 0. The Morgan fingerprint density at radius 3 is 1.86 bits per heavy atom. The maximum Gasteiger partial charge on any atom is 0.123 e. The predicted molar refractivity (Wildman–Crippen MR) is 87.0 cm³/mol. The maximum absolute atomic E-state index is 13.4. The first-order valence-corrected chi connectivity index (χ1v) is 7.33. The van der Waals surface area contributed by atoms with Gasteiger partial charge in [0.1, 0.15) is 5.82 Å². The lowest BCUT2D eigenvalue weighted by Gasteiger charge is -2.22. The number of hydrogen-bond acceptors (Lipinski definition) is 1. The van der Waals surface area contributed by atoms with E-state index in [1.165, 1.54) is 5.56 Å². The molecule has 2 heteroatoms. The fraction of sp³-hybridized carbons (Fsp3) is 0.368. The average Bonchev–Trinajstić information content (AvgIpc) is 2.36. The molecule has 21 heavy (non-hydrogen) atoms. The summed E-state index contributed by atoms with van der Waals surface area (Å²) < 4.78 is 13.4. The standard InChI is InChI=1S/C19H24FN/c1-12-10-16(20)11-13(2)17(12)18(21)14-6-8-15(9-7-14)19(3,4)5/h6-11,18H,21H2,1-5H3. The molecular formula is C19H24FN. The van der Waals surface area contributed by atoms with E-state index in [0.29, 0.717) is 0 Å². The van der Waals surface area contributed by atoms with E-state index >= 15 is 0 Å². The largest absolute Gasteiger partial charge is 0.320 e. The normalized spacial score (nSPS) is 13.3. The van der Waals surface area contributed by atoms with Crippen LogP contribution in [0.3, 0.4) is 0 Å². The molecule has 0 spiro atoms. The van der Waals surface area contributed by atoms with Gasteiger partial charge in [0.2, 0.25) is 0 Å². The summed E-state index contributed by atoms with van der Waals surface area (Å²) in [6.45, 7) is 10.4. The second-order valence-electron chi connectivity index (χ2n) is 6.80. The lowest BCUT2D eigenvalue weighted by atomic mass is 9.85. The lowest BCUT2D eigenvalue weighted by molar-refractivity contribution is 0.589. The van der Waals surface area contributed by atoms with Crippen molar-refractivity contribution in [1.29, 1.82) is 0 Å². The highest BCUT2D eigenvalue weighted by atomic mass is 19.1. The lowest BCUT2D eigenvalue weighted by Crippen LogP contribution is -2.16. The van der Waals surface area contributed by atoms with Gasteiger partial charge in [-0.3, -0.25) is 0 Å². The van der Waals surface area contributed by atoms with Crippen molar-refractivity contribution in [2.75, 3.05) is 0 Å². The summed E-state index contributed by atoms with van der Waals surface area (Å²) >= 11 is 0. The molecule has 0 radical (unpaired) electrons. The van der Waals surface area contributed by atoms with E-state index in [9.17, 15) is 4.39 Å². The molecule has 1 unspecified atom stereocenters. The molecule has 2 aromatic carbocycles. The third kappa shape index (κ3) is 3.33.